The second-order valence-corrected chi connectivity index (χ2v) is 3.68. The molecule has 5 heteroatoms. The van der Waals surface area contributed by atoms with Crippen molar-refractivity contribution in [2.24, 2.45) is 5.73 Å². The van der Waals surface area contributed by atoms with Crippen LogP contribution in [0.4, 0.5) is 0 Å². The summed E-state index contributed by atoms with van der Waals surface area (Å²) in [6, 6.07) is 5.08. The zero-order chi connectivity index (χ0) is 13.1. The minimum Gasteiger partial charge on any atom is -0.496 e. The Bertz CT molecular complexity index is 596. The Labute approximate surface area is 105 Å². The van der Waals surface area contributed by atoms with E-state index >= 15 is 0 Å². The highest BCUT2D eigenvalue weighted by Crippen LogP contribution is 2.30. The number of primary amides is 1. The normalized spacial score (nSPS) is 10.3. The van der Waals surface area contributed by atoms with Crippen molar-refractivity contribution in [2.75, 3.05) is 13.7 Å². The zero-order valence-corrected chi connectivity index (χ0v) is 10.3. The number of carbonyl (C=O) groups excluding carboxylic acids is 1. The second-order valence-electron chi connectivity index (χ2n) is 3.68. The van der Waals surface area contributed by atoms with Crippen LogP contribution in [0.2, 0.25) is 0 Å². The standard InChI is InChI=1S/C13H14N2O3/c1-3-18-11-4-5-15-10-7-12(17-2)9(13(14)16)6-8(10)11/h4-7H,3H2,1-2H3,(H2,14,16). The van der Waals surface area contributed by atoms with E-state index in [2.05, 4.69) is 4.98 Å². The number of nitrogens with two attached hydrogens (primary N) is 1. The summed E-state index contributed by atoms with van der Waals surface area (Å²) in [5, 5.41) is 0.744. The van der Waals surface area contributed by atoms with Gasteiger partial charge in [0.05, 0.1) is 24.8 Å². The lowest BCUT2D eigenvalue weighted by atomic mass is 10.1. The molecule has 0 unspecified atom stereocenters. The van der Waals surface area contributed by atoms with Gasteiger partial charge in [0.15, 0.2) is 0 Å². The summed E-state index contributed by atoms with van der Waals surface area (Å²) >= 11 is 0. The Balaban J connectivity index is 2.71. The van der Waals surface area contributed by atoms with E-state index in [0.29, 0.717) is 29.2 Å². The monoisotopic (exact) mass is 246 g/mol. The van der Waals surface area contributed by atoms with Crippen molar-refractivity contribution in [3.8, 4) is 11.5 Å². The minimum atomic E-state index is -0.542. The number of amides is 1. The molecule has 0 fully saturated rings. The fraction of sp³-hybridized carbons (Fsp3) is 0.231. The van der Waals surface area contributed by atoms with E-state index in [-0.39, 0.29) is 0 Å². The van der Waals surface area contributed by atoms with Gasteiger partial charge in [-0.1, -0.05) is 0 Å². The summed E-state index contributed by atoms with van der Waals surface area (Å²) < 4.78 is 10.6. The van der Waals surface area contributed by atoms with Crippen LogP contribution in [0.1, 0.15) is 17.3 Å². The first-order valence-corrected chi connectivity index (χ1v) is 5.56. The number of ether oxygens (including phenoxy) is 2. The second kappa shape index (κ2) is 4.91. The van der Waals surface area contributed by atoms with Crippen molar-refractivity contribution in [3.05, 3.63) is 30.0 Å². The lowest BCUT2D eigenvalue weighted by Crippen LogP contribution is -2.12. The molecule has 0 atom stereocenters. The molecule has 94 valence electrons. The SMILES string of the molecule is CCOc1ccnc2cc(OC)c(C(N)=O)cc12. The Hall–Kier alpha value is -2.30. The lowest BCUT2D eigenvalue weighted by molar-refractivity contribution is 0.0997. The molecule has 18 heavy (non-hydrogen) atoms. The first-order valence-electron chi connectivity index (χ1n) is 5.56. The maximum Gasteiger partial charge on any atom is 0.252 e. The topological polar surface area (TPSA) is 74.4 Å². The average Bonchev–Trinajstić information content (AvgIpc) is 2.37. The third kappa shape index (κ3) is 2.07. The summed E-state index contributed by atoms with van der Waals surface area (Å²) in [5.41, 5.74) is 6.34. The molecule has 0 saturated heterocycles. The number of carbonyl (C=O) groups is 1. The van der Waals surface area contributed by atoms with Gasteiger partial charge in [-0.15, -0.1) is 0 Å². The number of rotatable bonds is 4. The quantitative estimate of drug-likeness (QED) is 0.891. The van der Waals surface area contributed by atoms with Crippen molar-refractivity contribution < 1.29 is 14.3 Å². The number of hydrogen-bond donors (Lipinski definition) is 1. The Morgan fingerprint density at radius 2 is 2.17 bits per heavy atom. The smallest absolute Gasteiger partial charge is 0.252 e. The Morgan fingerprint density at radius 3 is 2.78 bits per heavy atom. The van der Waals surface area contributed by atoms with Gasteiger partial charge in [0, 0.05) is 17.6 Å². The molecule has 0 saturated carbocycles. The molecule has 2 rings (SSSR count). The van der Waals surface area contributed by atoms with Gasteiger partial charge >= 0.3 is 0 Å². The largest absolute Gasteiger partial charge is 0.496 e. The third-order valence-corrected chi connectivity index (χ3v) is 2.59. The van der Waals surface area contributed by atoms with Gasteiger partial charge in [0.2, 0.25) is 0 Å². The van der Waals surface area contributed by atoms with Crippen molar-refractivity contribution in [1.29, 1.82) is 0 Å². The average molecular weight is 246 g/mol. The van der Waals surface area contributed by atoms with Gasteiger partial charge in [-0.05, 0) is 19.1 Å². The summed E-state index contributed by atoms with van der Waals surface area (Å²) in [4.78, 5) is 15.6. The predicted octanol–water partition coefficient (Wildman–Crippen LogP) is 1.74. The van der Waals surface area contributed by atoms with E-state index in [0.717, 1.165) is 5.39 Å². The van der Waals surface area contributed by atoms with E-state index in [9.17, 15) is 4.79 Å². The fourth-order valence-electron chi connectivity index (χ4n) is 1.79. The van der Waals surface area contributed by atoms with Crippen LogP contribution < -0.4 is 15.2 Å². The molecule has 0 aliphatic rings. The molecular formula is C13H14N2O3. The van der Waals surface area contributed by atoms with E-state index < -0.39 is 5.91 Å². The number of fused-ring (bicyclic) bond motifs is 1. The summed E-state index contributed by atoms with van der Waals surface area (Å²) in [6.45, 7) is 2.43. The van der Waals surface area contributed by atoms with Crippen LogP contribution >= 0.6 is 0 Å². The highest BCUT2D eigenvalue weighted by Gasteiger charge is 2.13. The van der Waals surface area contributed by atoms with Crippen LogP contribution in [0.25, 0.3) is 10.9 Å². The maximum absolute atomic E-state index is 11.4. The molecule has 0 bridgehead atoms. The molecule has 0 aliphatic carbocycles. The van der Waals surface area contributed by atoms with Gasteiger partial charge in [0.25, 0.3) is 5.91 Å². The van der Waals surface area contributed by atoms with Crippen LogP contribution in [-0.4, -0.2) is 24.6 Å². The lowest BCUT2D eigenvalue weighted by Gasteiger charge is -2.10. The van der Waals surface area contributed by atoms with Crippen LogP contribution in [-0.2, 0) is 0 Å². The van der Waals surface area contributed by atoms with Gasteiger partial charge in [-0.25, -0.2) is 0 Å². The van der Waals surface area contributed by atoms with Gasteiger partial charge in [0.1, 0.15) is 11.5 Å². The predicted molar refractivity (Wildman–Crippen MR) is 68.0 cm³/mol. The fourth-order valence-corrected chi connectivity index (χ4v) is 1.79. The molecule has 0 radical (unpaired) electrons. The van der Waals surface area contributed by atoms with Crippen LogP contribution in [0, 0.1) is 0 Å². The molecular weight excluding hydrogens is 232 g/mol. The number of methoxy groups -OCH3 is 1. The van der Waals surface area contributed by atoms with Crippen LogP contribution in [0.15, 0.2) is 24.4 Å². The molecule has 1 amide bonds. The molecule has 1 heterocycles. The van der Waals surface area contributed by atoms with E-state index in [4.69, 9.17) is 15.2 Å². The summed E-state index contributed by atoms with van der Waals surface area (Å²) in [6.07, 6.45) is 1.65. The van der Waals surface area contributed by atoms with Gasteiger partial charge in [-0.3, -0.25) is 9.78 Å². The Kier molecular flexibility index (Phi) is 3.32. The Morgan fingerprint density at radius 1 is 1.39 bits per heavy atom. The summed E-state index contributed by atoms with van der Waals surface area (Å²) in [7, 11) is 1.49. The highest BCUT2D eigenvalue weighted by molar-refractivity contribution is 6.01. The van der Waals surface area contributed by atoms with Crippen molar-refractivity contribution in [1.82, 2.24) is 4.98 Å². The third-order valence-electron chi connectivity index (χ3n) is 2.59. The summed E-state index contributed by atoms with van der Waals surface area (Å²) in [5.74, 6) is 0.545. The van der Waals surface area contributed by atoms with Gasteiger partial charge in [-0.2, -0.15) is 0 Å². The molecule has 0 aliphatic heterocycles. The van der Waals surface area contributed by atoms with Gasteiger partial charge < -0.3 is 15.2 Å². The molecule has 1 aromatic heterocycles. The first kappa shape index (κ1) is 12.2. The number of benzene rings is 1. The molecule has 0 spiro atoms. The van der Waals surface area contributed by atoms with Crippen molar-refractivity contribution in [3.63, 3.8) is 0 Å². The molecule has 2 aromatic rings. The van der Waals surface area contributed by atoms with Crippen LogP contribution in [0.3, 0.4) is 0 Å². The number of aromatic nitrogens is 1. The highest BCUT2D eigenvalue weighted by atomic mass is 16.5. The first-order chi connectivity index (χ1) is 8.67. The van der Waals surface area contributed by atoms with Crippen LogP contribution in [0.5, 0.6) is 11.5 Å². The molecule has 5 nitrogen and oxygen atoms in total. The maximum atomic E-state index is 11.4. The number of hydrogen-bond acceptors (Lipinski definition) is 4. The van der Waals surface area contributed by atoms with E-state index in [1.165, 1.54) is 7.11 Å². The molecule has 1 aromatic carbocycles. The minimum absolute atomic E-state index is 0.318. The van der Waals surface area contributed by atoms with E-state index in [1.807, 2.05) is 6.92 Å². The number of pyridine rings is 1. The molecule has 2 N–H and O–H groups in total. The van der Waals surface area contributed by atoms with Crippen molar-refractivity contribution in [2.45, 2.75) is 6.92 Å². The van der Waals surface area contributed by atoms with Crippen molar-refractivity contribution >= 4 is 16.8 Å². The van der Waals surface area contributed by atoms with E-state index in [1.54, 1.807) is 24.4 Å². The number of nitrogens with zero attached hydrogens (tertiary/aromatic N) is 1. The zero-order valence-electron chi connectivity index (χ0n) is 10.3.